The number of benzene rings is 2. The lowest BCUT2D eigenvalue weighted by Gasteiger charge is -2.12. The van der Waals surface area contributed by atoms with Gasteiger partial charge in [0.1, 0.15) is 0 Å². The molecule has 0 fully saturated rings. The molecule has 0 radical (unpaired) electrons. The second-order valence-corrected chi connectivity index (χ2v) is 10.2. The van der Waals surface area contributed by atoms with E-state index in [0.717, 1.165) is 0 Å². The van der Waals surface area contributed by atoms with E-state index in [1.165, 1.54) is 36.4 Å². The zero-order valence-electron chi connectivity index (χ0n) is 15.8. The zero-order valence-corrected chi connectivity index (χ0v) is 17.4. The number of hydrogen-bond donors (Lipinski definition) is 2. The van der Waals surface area contributed by atoms with Gasteiger partial charge in [-0.1, -0.05) is 25.1 Å². The Morgan fingerprint density at radius 1 is 0.929 bits per heavy atom. The summed E-state index contributed by atoms with van der Waals surface area (Å²) in [4.78, 5) is 12.3. The minimum atomic E-state index is -3.62. The lowest BCUT2D eigenvalue weighted by atomic mass is 10.3. The van der Waals surface area contributed by atoms with Crippen molar-refractivity contribution in [2.45, 2.75) is 42.5 Å². The Morgan fingerprint density at radius 2 is 1.54 bits per heavy atom. The van der Waals surface area contributed by atoms with Crippen molar-refractivity contribution in [3.8, 4) is 0 Å². The Bertz CT molecular complexity index is 1000. The highest BCUT2D eigenvalue weighted by molar-refractivity contribution is 7.91. The first-order valence-electron chi connectivity index (χ1n) is 8.84. The molecule has 2 aromatic rings. The van der Waals surface area contributed by atoms with Crippen LogP contribution in [0.15, 0.2) is 64.4 Å². The molecule has 0 heterocycles. The zero-order chi connectivity index (χ0) is 20.8. The largest absolute Gasteiger partial charge is 0.326 e. The Kier molecular flexibility index (Phi) is 7.34. The Morgan fingerprint density at radius 3 is 2.11 bits per heavy atom. The second-order valence-electron chi connectivity index (χ2n) is 6.39. The molecule has 0 aliphatic rings. The summed E-state index contributed by atoms with van der Waals surface area (Å²) in [5, 5.41) is 2.58. The van der Waals surface area contributed by atoms with Crippen LogP contribution in [-0.2, 0) is 24.7 Å². The molecule has 152 valence electrons. The van der Waals surface area contributed by atoms with Gasteiger partial charge in [-0.15, -0.1) is 0 Å². The number of sulfone groups is 1. The molecule has 1 atom stereocenters. The summed E-state index contributed by atoms with van der Waals surface area (Å²) in [6, 6.07) is 13.5. The number of amides is 1. The number of anilines is 1. The van der Waals surface area contributed by atoms with Crippen molar-refractivity contribution < 1.29 is 21.6 Å². The van der Waals surface area contributed by atoms with Gasteiger partial charge in [0.05, 0.1) is 15.5 Å². The molecule has 0 bridgehead atoms. The van der Waals surface area contributed by atoms with Crippen molar-refractivity contribution in [3.05, 3.63) is 54.6 Å². The van der Waals surface area contributed by atoms with E-state index in [2.05, 4.69) is 10.0 Å². The van der Waals surface area contributed by atoms with Crippen LogP contribution in [0.1, 0.15) is 26.7 Å². The molecule has 0 spiro atoms. The first kappa shape index (κ1) is 22.1. The van der Waals surface area contributed by atoms with Crippen LogP contribution in [0.3, 0.4) is 0 Å². The molecule has 28 heavy (non-hydrogen) atoms. The highest BCUT2D eigenvalue weighted by Gasteiger charge is 2.18. The van der Waals surface area contributed by atoms with Gasteiger partial charge < -0.3 is 5.32 Å². The smallest absolute Gasteiger partial charge is 0.240 e. The third-order valence-electron chi connectivity index (χ3n) is 4.12. The van der Waals surface area contributed by atoms with Crippen molar-refractivity contribution in [2.75, 3.05) is 11.1 Å². The van der Waals surface area contributed by atoms with Crippen LogP contribution in [0.25, 0.3) is 0 Å². The molecule has 2 N–H and O–H groups in total. The molecule has 1 amide bonds. The number of hydrogen-bond acceptors (Lipinski definition) is 5. The highest BCUT2D eigenvalue weighted by Crippen LogP contribution is 2.16. The molecule has 7 nitrogen and oxygen atoms in total. The van der Waals surface area contributed by atoms with E-state index in [4.69, 9.17) is 0 Å². The van der Waals surface area contributed by atoms with Crippen molar-refractivity contribution >= 4 is 31.5 Å². The highest BCUT2D eigenvalue weighted by atomic mass is 32.2. The standard InChI is InChI=1S/C19H24N2O5S2/c1-3-15(2)21-28(25,26)18-11-9-16(10-12-18)20-19(22)13-14-27(23,24)17-7-5-4-6-8-17/h4-12,15,21H,3,13-14H2,1-2H3,(H,20,22). The molecular formula is C19H24N2O5S2. The molecule has 9 heteroatoms. The van der Waals surface area contributed by atoms with Gasteiger partial charge >= 0.3 is 0 Å². The molecular weight excluding hydrogens is 400 g/mol. The van der Waals surface area contributed by atoms with Crippen LogP contribution in [0.2, 0.25) is 0 Å². The van der Waals surface area contributed by atoms with Crippen molar-refractivity contribution in [1.82, 2.24) is 4.72 Å². The van der Waals surface area contributed by atoms with Gasteiger partial charge in [-0.3, -0.25) is 4.79 Å². The molecule has 0 aliphatic carbocycles. The maximum Gasteiger partial charge on any atom is 0.240 e. The second kappa shape index (κ2) is 9.31. The molecule has 0 aliphatic heterocycles. The molecule has 1 unspecified atom stereocenters. The Hall–Kier alpha value is -2.23. The predicted octanol–water partition coefficient (Wildman–Crippen LogP) is 2.57. The first-order chi connectivity index (χ1) is 13.1. The maximum absolute atomic E-state index is 12.2. The molecule has 0 aromatic heterocycles. The van der Waals surface area contributed by atoms with E-state index in [9.17, 15) is 21.6 Å². The van der Waals surface area contributed by atoms with E-state index in [1.54, 1.807) is 25.1 Å². The van der Waals surface area contributed by atoms with Gasteiger partial charge in [0, 0.05) is 18.2 Å². The van der Waals surface area contributed by atoms with Crippen LogP contribution < -0.4 is 10.0 Å². The fourth-order valence-electron chi connectivity index (χ4n) is 2.33. The summed E-state index contributed by atoms with van der Waals surface area (Å²) >= 11 is 0. The van der Waals surface area contributed by atoms with Gasteiger partial charge in [-0.2, -0.15) is 0 Å². The average Bonchev–Trinajstić information content (AvgIpc) is 2.67. The number of carbonyl (C=O) groups excluding carboxylic acids is 1. The van der Waals surface area contributed by atoms with Crippen LogP contribution in [0.5, 0.6) is 0 Å². The number of rotatable bonds is 9. The van der Waals surface area contributed by atoms with Crippen molar-refractivity contribution in [1.29, 1.82) is 0 Å². The summed E-state index contributed by atoms with van der Waals surface area (Å²) in [6.07, 6.45) is 0.464. The quantitative estimate of drug-likeness (QED) is 0.643. The van der Waals surface area contributed by atoms with Crippen LogP contribution >= 0.6 is 0 Å². The van der Waals surface area contributed by atoms with Crippen LogP contribution in [0, 0.1) is 0 Å². The molecule has 0 saturated carbocycles. The SMILES string of the molecule is CCC(C)NS(=O)(=O)c1ccc(NC(=O)CCS(=O)(=O)c2ccccc2)cc1. The number of nitrogens with one attached hydrogen (secondary N) is 2. The third-order valence-corrected chi connectivity index (χ3v) is 7.45. The topological polar surface area (TPSA) is 109 Å². The molecule has 0 saturated heterocycles. The predicted molar refractivity (Wildman–Crippen MR) is 108 cm³/mol. The van der Waals surface area contributed by atoms with Crippen LogP contribution in [-0.4, -0.2) is 34.5 Å². The van der Waals surface area contributed by atoms with Gasteiger partial charge in [-0.25, -0.2) is 21.6 Å². The lowest BCUT2D eigenvalue weighted by molar-refractivity contribution is -0.115. The fourth-order valence-corrected chi connectivity index (χ4v) is 4.92. The van der Waals surface area contributed by atoms with E-state index in [0.29, 0.717) is 12.1 Å². The monoisotopic (exact) mass is 424 g/mol. The summed E-state index contributed by atoms with van der Waals surface area (Å²) in [7, 11) is -7.16. The van der Waals surface area contributed by atoms with Crippen molar-refractivity contribution in [2.24, 2.45) is 0 Å². The van der Waals surface area contributed by atoms with E-state index >= 15 is 0 Å². The minimum absolute atomic E-state index is 0.0949. The maximum atomic E-state index is 12.2. The van der Waals surface area contributed by atoms with Gasteiger partial charge in [0.25, 0.3) is 0 Å². The fraction of sp³-hybridized carbons (Fsp3) is 0.316. The number of carbonyl (C=O) groups is 1. The van der Waals surface area contributed by atoms with Gasteiger partial charge in [-0.05, 0) is 49.7 Å². The summed E-state index contributed by atoms with van der Waals surface area (Å²) in [5.74, 6) is -0.776. The van der Waals surface area contributed by atoms with E-state index < -0.39 is 25.8 Å². The van der Waals surface area contributed by atoms with E-state index in [-0.39, 0.29) is 28.0 Å². The normalized spacial score (nSPS) is 13.1. The number of sulfonamides is 1. The average molecular weight is 425 g/mol. The molecule has 2 aromatic carbocycles. The summed E-state index contributed by atoms with van der Waals surface area (Å²) in [6.45, 7) is 3.65. The Balaban J connectivity index is 1.96. The summed E-state index contributed by atoms with van der Waals surface area (Å²) in [5.41, 5.74) is 0.393. The third kappa shape index (κ3) is 6.15. The van der Waals surface area contributed by atoms with E-state index in [1.807, 2.05) is 6.92 Å². The first-order valence-corrected chi connectivity index (χ1v) is 12.0. The summed E-state index contributed by atoms with van der Waals surface area (Å²) < 4.78 is 51.4. The van der Waals surface area contributed by atoms with Crippen molar-refractivity contribution in [3.63, 3.8) is 0 Å². The molecule has 2 rings (SSSR count). The minimum Gasteiger partial charge on any atom is -0.326 e. The lowest BCUT2D eigenvalue weighted by Crippen LogP contribution is -2.31. The van der Waals surface area contributed by atoms with Gasteiger partial charge in [0.15, 0.2) is 9.84 Å². The van der Waals surface area contributed by atoms with Gasteiger partial charge in [0.2, 0.25) is 15.9 Å². The van der Waals surface area contributed by atoms with Crippen LogP contribution in [0.4, 0.5) is 5.69 Å². The Labute approximate surface area is 166 Å².